The number of hydrogen-bond donors (Lipinski definition) is 1. The molecule has 0 unspecified atom stereocenters. The van der Waals surface area contributed by atoms with E-state index in [1.807, 2.05) is 50.2 Å². The lowest BCUT2D eigenvalue weighted by Crippen LogP contribution is -2.25. The van der Waals surface area contributed by atoms with E-state index >= 15 is 0 Å². The molecule has 1 aliphatic rings. The molecule has 0 aliphatic heterocycles. The summed E-state index contributed by atoms with van der Waals surface area (Å²) in [6, 6.07) is 11.4. The van der Waals surface area contributed by atoms with Crippen LogP contribution in [0.1, 0.15) is 33.5 Å². The van der Waals surface area contributed by atoms with Crippen molar-refractivity contribution < 1.29 is 19.4 Å². The number of rotatable bonds is 6. The van der Waals surface area contributed by atoms with E-state index in [-0.39, 0.29) is 19.0 Å². The maximum atomic E-state index is 11.7. The highest BCUT2D eigenvalue weighted by Gasteiger charge is 2.22. The van der Waals surface area contributed by atoms with Crippen LogP contribution in [0.4, 0.5) is 0 Å². The van der Waals surface area contributed by atoms with Crippen molar-refractivity contribution in [3.63, 3.8) is 0 Å². The third-order valence-corrected chi connectivity index (χ3v) is 4.23. The number of fused-ring (bicyclic) bond motifs is 1. The summed E-state index contributed by atoms with van der Waals surface area (Å²) in [5.41, 5.74) is 3.91. The number of Topliss-reactive ketones (excluding diaryl/α,β-unsaturated/α-hetero) is 1. The van der Waals surface area contributed by atoms with Crippen LogP contribution >= 0.6 is 0 Å². The SMILES string of the molecule is Cc1ccc(OC[C@@H](O)COc2cccc3c2CCC3=O)c(C)c1. The van der Waals surface area contributed by atoms with Gasteiger partial charge in [-0.25, -0.2) is 0 Å². The Bertz CT molecular complexity index is 751. The average Bonchev–Trinajstić information content (AvgIpc) is 2.94. The number of hydrogen-bond acceptors (Lipinski definition) is 4. The summed E-state index contributed by atoms with van der Waals surface area (Å²) in [7, 11) is 0. The van der Waals surface area contributed by atoms with Crippen molar-refractivity contribution in [2.45, 2.75) is 32.8 Å². The van der Waals surface area contributed by atoms with Crippen molar-refractivity contribution in [2.75, 3.05) is 13.2 Å². The molecule has 2 aromatic rings. The number of aryl methyl sites for hydroxylation is 2. The average molecular weight is 326 g/mol. The molecular weight excluding hydrogens is 304 g/mol. The maximum Gasteiger partial charge on any atom is 0.163 e. The second-order valence-corrected chi connectivity index (χ2v) is 6.25. The van der Waals surface area contributed by atoms with Crippen LogP contribution in [-0.2, 0) is 6.42 Å². The largest absolute Gasteiger partial charge is 0.490 e. The van der Waals surface area contributed by atoms with E-state index in [4.69, 9.17) is 9.47 Å². The second-order valence-electron chi connectivity index (χ2n) is 6.25. The first-order chi connectivity index (χ1) is 11.5. The Morgan fingerprint density at radius 3 is 2.54 bits per heavy atom. The van der Waals surface area contributed by atoms with Gasteiger partial charge in [-0.15, -0.1) is 0 Å². The van der Waals surface area contributed by atoms with E-state index in [9.17, 15) is 9.90 Å². The second kappa shape index (κ2) is 7.05. The molecule has 0 aromatic heterocycles. The van der Waals surface area contributed by atoms with Gasteiger partial charge in [0.05, 0.1) is 0 Å². The number of carbonyl (C=O) groups excluding carboxylic acids is 1. The molecule has 4 nitrogen and oxygen atoms in total. The summed E-state index contributed by atoms with van der Waals surface area (Å²) in [6.45, 7) is 4.31. The molecular formula is C20H22O4. The Hall–Kier alpha value is -2.33. The summed E-state index contributed by atoms with van der Waals surface area (Å²) in [4.78, 5) is 11.7. The number of ketones is 1. The number of aliphatic hydroxyl groups is 1. The molecule has 126 valence electrons. The van der Waals surface area contributed by atoms with Crippen LogP contribution in [0, 0.1) is 13.8 Å². The van der Waals surface area contributed by atoms with Gasteiger partial charge in [0.15, 0.2) is 5.78 Å². The summed E-state index contributed by atoms with van der Waals surface area (Å²) in [6.07, 6.45) is 0.506. The fourth-order valence-corrected chi connectivity index (χ4v) is 2.97. The smallest absolute Gasteiger partial charge is 0.163 e. The van der Waals surface area contributed by atoms with E-state index in [1.54, 1.807) is 0 Å². The summed E-state index contributed by atoms with van der Waals surface area (Å²) >= 11 is 0. The Kier molecular flexibility index (Phi) is 4.86. The lowest BCUT2D eigenvalue weighted by atomic mass is 10.1. The lowest BCUT2D eigenvalue weighted by Gasteiger charge is -2.16. The van der Waals surface area contributed by atoms with Gasteiger partial charge in [-0.3, -0.25) is 4.79 Å². The van der Waals surface area contributed by atoms with Crippen LogP contribution in [0.5, 0.6) is 11.5 Å². The predicted molar refractivity (Wildman–Crippen MR) is 92.0 cm³/mol. The van der Waals surface area contributed by atoms with Crippen LogP contribution < -0.4 is 9.47 Å². The molecule has 1 N–H and O–H groups in total. The van der Waals surface area contributed by atoms with Gasteiger partial charge in [-0.2, -0.15) is 0 Å². The molecule has 4 heteroatoms. The highest BCUT2D eigenvalue weighted by molar-refractivity contribution is 6.01. The number of carbonyl (C=O) groups is 1. The molecule has 0 spiro atoms. The van der Waals surface area contributed by atoms with E-state index in [0.29, 0.717) is 18.6 Å². The first-order valence-corrected chi connectivity index (χ1v) is 8.20. The number of ether oxygens (including phenoxy) is 2. The van der Waals surface area contributed by atoms with Gasteiger partial charge in [0.25, 0.3) is 0 Å². The van der Waals surface area contributed by atoms with Gasteiger partial charge in [0, 0.05) is 17.5 Å². The van der Waals surface area contributed by atoms with Crippen LogP contribution in [0.2, 0.25) is 0 Å². The van der Waals surface area contributed by atoms with Crippen molar-refractivity contribution in [3.8, 4) is 11.5 Å². The molecule has 2 aromatic carbocycles. The standard InChI is InChI=1S/C20H22O4/c1-13-6-9-19(14(2)10-13)23-11-15(21)12-24-20-5-3-4-16-17(20)7-8-18(16)22/h3-6,9-10,15,21H,7-8,11-12H2,1-2H3/t15-/m1/s1. The zero-order valence-electron chi connectivity index (χ0n) is 14.0. The van der Waals surface area contributed by atoms with Gasteiger partial charge in [-0.05, 0) is 38.0 Å². The van der Waals surface area contributed by atoms with E-state index < -0.39 is 6.10 Å². The Balaban J connectivity index is 1.55. The molecule has 0 saturated carbocycles. The predicted octanol–water partition coefficient (Wildman–Crippen LogP) is 3.25. The summed E-state index contributed by atoms with van der Waals surface area (Å²) < 4.78 is 11.4. The van der Waals surface area contributed by atoms with Crippen molar-refractivity contribution in [1.29, 1.82) is 0 Å². The minimum Gasteiger partial charge on any atom is -0.490 e. The molecule has 1 aliphatic carbocycles. The monoisotopic (exact) mass is 326 g/mol. The highest BCUT2D eigenvalue weighted by atomic mass is 16.5. The fourth-order valence-electron chi connectivity index (χ4n) is 2.97. The zero-order valence-corrected chi connectivity index (χ0v) is 14.0. The minimum absolute atomic E-state index is 0.134. The van der Waals surface area contributed by atoms with E-state index in [1.165, 1.54) is 5.56 Å². The van der Waals surface area contributed by atoms with Crippen LogP contribution in [0.15, 0.2) is 36.4 Å². The first-order valence-electron chi connectivity index (χ1n) is 8.20. The van der Waals surface area contributed by atoms with Gasteiger partial charge in [0.2, 0.25) is 0 Å². The highest BCUT2D eigenvalue weighted by Crippen LogP contribution is 2.30. The van der Waals surface area contributed by atoms with E-state index in [2.05, 4.69) is 0 Å². The molecule has 0 radical (unpaired) electrons. The Morgan fingerprint density at radius 1 is 1.04 bits per heavy atom. The minimum atomic E-state index is -0.737. The van der Waals surface area contributed by atoms with Crippen molar-refractivity contribution >= 4 is 5.78 Å². The normalized spacial score (nSPS) is 14.4. The molecule has 0 bridgehead atoms. The van der Waals surface area contributed by atoms with Crippen molar-refractivity contribution in [3.05, 3.63) is 58.7 Å². The van der Waals surface area contributed by atoms with Gasteiger partial charge in [0.1, 0.15) is 30.8 Å². The lowest BCUT2D eigenvalue weighted by molar-refractivity contribution is 0.0621. The molecule has 24 heavy (non-hydrogen) atoms. The first kappa shape index (κ1) is 16.5. The van der Waals surface area contributed by atoms with Gasteiger partial charge < -0.3 is 14.6 Å². The van der Waals surface area contributed by atoms with Gasteiger partial charge >= 0.3 is 0 Å². The molecule has 0 saturated heterocycles. The molecule has 0 heterocycles. The number of benzene rings is 2. The summed E-state index contributed by atoms with van der Waals surface area (Å²) in [5.74, 6) is 1.61. The Labute approximate surface area is 142 Å². The topological polar surface area (TPSA) is 55.8 Å². The molecule has 0 fully saturated rings. The van der Waals surface area contributed by atoms with Gasteiger partial charge in [-0.1, -0.05) is 29.8 Å². The van der Waals surface area contributed by atoms with Crippen LogP contribution in [0.25, 0.3) is 0 Å². The zero-order chi connectivity index (χ0) is 17.1. The van der Waals surface area contributed by atoms with Crippen molar-refractivity contribution in [1.82, 2.24) is 0 Å². The molecule has 0 amide bonds. The summed E-state index contributed by atoms with van der Waals surface area (Å²) in [5, 5.41) is 10.1. The maximum absolute atomic E-state index is 11.7. The Morgan fingerprint density at radius 2 is 1.79 bits per heavy atom. The van der Waals surface area contributed by atoms with E-state index in [0.717, 1.165) is 22.4 Å². The third-order valence-electron chi connectivity index (χ3n) is 4.23. The quantitative estimate of drug-likeness (QED) is 0.885. The fraction of sp³-hybridized carbons (Fsp3) is 0.350. The van der Waals surface area contributed by atoms with Crippen LogP contribution in [-0.4, -0.2) is 30.2 Å². The van der Waals surface area contributed by atoms with Crippen molar-refractivity contribution in [2.24, 2.45) is 0 Å². The van der Waals surface area contributed by atoms with Crippen LogP contribution in [0.3, 0.4) is 0 Å². The third kappa shape index (κ3) is 3.60. The molecule has 3 rings (SSSR count). The molecule has 1 atom stereocenters. The number of aliphatic hydroxyl groups excluding tert-OH is 1.